The van der Waals surface area contributed by atoms with Crippen LogP contribution in [0.15, 0.2) is 47.8 Å². The van der Waals surface area contributed by atoms with Gasteiger partial charge in [0.25, 0.3) is 5.56 Å². The molecule has 2 aromatic heterocycles. The van der Waals surface area contributed by atoms with Crippen molar-refractivity contribution in [1.29, 1.82) is 0 Å². The van der Waals surface area contributed by atoms with Crippen LogP contribution >= 0.6 is 11.6 Å². The molecule has 1 atom stereocenters. The lowest BCUT2D eigenvalue weighted by molar-refractivity contribution is -0.121. The average molecular weight is 374 g/mol. The summed E-state index contributed by atoms with van der Waals surface area (Å²) in [5, 5.41) is 8.23. The number of halogens is 1. The maximum Gasteiger partial charge on any atom is 0.263 e. The molecule has 134 valence electrons. The molecule has 2 N–H and O–H groups in total. The standard InChI is InChI=1S/C17H16ClN5O3/c18-11-3-1-4-12(7-11)26-6-2-5-15(16(19)24)23-10-20-14-9-22-21-8-13(14)17(23)25/h1,3-4,7-10,15H,2,5-6H2,(H2,19,24). The van der Waals surface area contributed by atoms with Gasteiger partial charge in [0.05, 0.1) is 36.2 Å². The molecule has 0 aliphatic heterocycles. The van der Waals surface area contributed by atoms with Gasteiger partial charge in [-0.1, -0.05) is 17.7 Å². The lowest BCUT2D eigenvalue weighted by Crippen LogP contribution is -2.34. The van der Waals surface area contributed by atoms with E-state index in [1.807, 2.05) is 0 Å². The monoisotopic (exact) mass is 373 g/mol. The summed E-state index contributed by atoms with van der Waals surface area (Å²) in [5.41, 5.74) is 5.51. The summed E-state index contributed by atoms with van der Waals surface area (Å²) in [7, 11) is 0. The highest BCUT2D eigenvalue weighted by molar-refractivity contribution is 6.30. The zero-order valence-electron chi connectivity index (χ0n) is 13.7. The van der Waals surface area contributed by atoms with Crippen molar-refractivity contribution in [2.24, 2.45) is 5.73 Å². The number of benzene rings is 1. The quantitative estimate of drug-likeness (QED) is 0.631. The van der Waals surface area contributed by atoms with E-state index in [1.54, 1.807) is 24.3 Å². The van der Waals surface area contributed by atoms with Crippen molar-refractivity contribution in [3.63, 3.8) is 0 Å². The summed E-state index contributed by atoms with van der Waals surface area (Å²) < 4.78 is 6.82. The third-order valence-corrected chi connectivity index (χ3v) is 4.08. The van der Waals surface area contributed by atoms with Crippen molar-refractivity contribution in [3.8, 4) is 5.75 Å². The molecule has 3 rings (SSSR count). The van der Waals surface area contributed by atoms with Crippen molar-refractivity contribution in [2.75, 3.05) is 6.61 Å². The first kappa shape index (κ1) is 17.8. The highest BCUT2D eigenvalue weighted by Crippen LogP contribution is 2.18. The Kier molecular flexibility index (Phi) is 5.43. The van der Waals surface area contributed by atoms with E-state index in [1.165, 1.54) is 23.3 Å². The van der Waals surface area contributed by atoms with Crippen LogP contribution in [0.2, 0.25) is 5.02 Å². The number of nitrogens with two attached hydrogens (primary N) is 1. The number of hydrogen-bond acceptors (Lipinski definition) is 6. The van der Waals surface area contributed by atoms with Crippen LogP contribution in [-0.2, 0) is 4.79 Å². The number of rotatable bonds is 7. The van der Waals surface area contributed by atoms with Crippen LogP contribution in [0.1, 0.15) is 18.9 Å². The van der Waals surface area contributed by atoms with Crippen molar-refractivity contribution in [1.82, 2.24) is 19.7 Å². The Morgan fingerprint density at radius 2 is 2.12 bits per heavy atom. The number of carbonyl (C=O) groups is 1. The average Bonchev–Trinajstić information content (AvgIpc) is 2.63. The Morgan fingerprint density at radius 1 is 1.31 bits per heavy atom. The first-order valence-electron chi connectivity index (χ1n) is 7.91. The Morgan fingerprint density at radius 3 is 2.88 bits per heavy atom. The van der Waals surface area contributed by atoms with Crippen molar-refractivity contribution >= 4 is 28.4 Å². The van der Waals surface area contributed by atoms with Gasteiger partial charge in [-0.15, -0.1) is 0 Å². The summed E-state index contributed by atoms with van der Waals surface area (Å²) in [4.78, 5) is 28.6. The van der Waals surface area contributed by atoms with E-state index in [2.05, 4.69) is 15.2 Å². The van der Waals surface area contributed by atoms with Crippen molar-refractivity contribution in [3.05, 3.63) is 58.4 Å². The number of carbonyl (C=O) groups excluding carboxylic acids is 1. The second-order valence-corrected chi connectivity index (χ2v) is 6.05. The molecule has 0 radical (unpaired) electrons. The summed E-state index contributed by atoms with van der Waals surface area (Å²) in [6, 6.07) is 6.20. The van der Waals surface area contributed by atoms with E-state index < -0.39 is 11.9 Å². The lowest BCUT2D eigenvalue weighted by atomic mass is 10.1. The van der Waals surface area contributed by atoms with Crippen LogP contribution in [0.4, 0.5) is 0 Å². The number of hydrogen-bond donors (Lipinski definition) is 1. The molecule has 1 unspecified atom stereocenters. The van der Waals surface area contributed by atoms with E-state index in [9.17, 15) is 9.59 Å². The minimum absolute atomic E-state index is 0.281. The molecule has 0 saturated carbocycles. The topological polar surface area (TPSA) is 113 Å². The van der Waals surface area contributed by atoms with Gasteiger partial charge in [0.2, 0.25) is 5.91 Å². The maximum atomic E-state index is 12.6. The fourth-order valence-corrected chi connectivity index (χ4v) is 2.74. The number of fused-ring (bicyclic) bond motifs is 1. The molecule has 0 aliphatic carbocycles. The van der Waals surface area contributed by atoms with E-state index in [-0.39, 0.29) is 10.9 Å². The molecule has 1 aromatic carbocycles. The Bertz CT molecular complexity index is 991. The minimum atomic E-state index is -0.824. The van der Waals surface area contributed by atoms with Crippen LogP contribution in [0.25, 0.3) is 10.9 Å². The number of aromatic nitrogens is 4. The zero-order chi connectivity index (χ0) is 18.5. The highest BCUT2D eigenvalue weighted by atomic mass is 35.5. The van der Waals surface area contributed by atoms with Gasteiger partial charge in [0, 0.05) is 5.02 Å². The van der Waals surface area contributed by atoms with Gasteiger partial charge in [0.15, 0.2) is 0 Å². The molecular formula is C17H16ClN5O3. The molecule has 1 amide bonds. The third kappa shape index (κ3) is 3.97. The first-order valence-corrected chi connectivity index (χ1v) is 8.29. The molecule has 0 fully saturated rings. The molecular weight excluding hydrogens is 358 g/mol. The SMILES string of the molecule is NC(=O)C(CCCOc1cccc(Cl)c1)n1cnc2cnncc2c1=O. The van der Waals surface area contributed by atoms with Gasteiger partial charge in [0.1, 0.15) is 11.8 Å². The van der Waals surface area contributed by atoms with Gasteiger partial charge >= 0.3 is 0 Å². The fraction of sp³-hybridized carbons (Fsp3) is 0.235. The number of nitrogens with zero attached hydrogens (tertiary/aromatic N) is 4. The zero-order valence-corrected chi connectivity index (χ0v) is 14.5. The van der Waals surface area contributed by atoms with Gasteiger partial charge < -0.3 is 10.5 Å². The van der Waals surface area contributed by atoms with Crippen LogP contribution in [0.3, 0.4) is 0 Å². The molecule has 9 heteroatoms. The largest absolute Gasteiger partial charge is 0.494 e. The molecule has 0 aliphatic rings. The van der Waals surface area contributed by atoms with Crippen molar-refractivity contribution < 1.29 is 9.53 Å². The summed E-state index contributed by atoms with van der Waals surface area (Å²) in [5.74, 6) is 0.0225. The smallest absolute Gasteiger partial charge is 0.263 e. The molecule has 8 nitrogen and oxygen atoms in total. The molecule has 0 bridgehead atoms. The number of primary amides is 1. The predicted octanol–water partition coefficient (Wildman–Crippen LogP) is 1.73. The van der Waals surface area contributed by atoms with Gasteiger partial charge in [-0.05, 0) is 31.0 Å². The fourth-order valence-electron chi connectivity index (χ4n) is 2.56. The second-order valence-electron chi connectivity index (χ2n) is 5.61. The Labute approximate surface area is 153 Å². The first-order chi connectivity index (χ1) is 12.6. The second kappa shape index (κ2) is 7.92. The number of ether oxygens (including phenoxy) is 1. The molecule has 3 aromatic rings. The maximum absolute atomic E-state index is 12.6. The molecule has 2 heterocycles. The summed E-state index contributed by atoms with van der Waals surface area (Å²) in [6.45, 7) is 0.353. The van der Waals surface area contributed by atoms with Gasteiger partial charge in [-0.2, -0.15) is 10.2 Å². The van der Waals surface area contributed by atoms with E-state index >= 15 is 0 Å². The summed E-state index contributed by atoms with van der Waals surface area (Å²) >= 11 is 5.90. The van der Waals surface area contributed by atoms with Gasteiger partial charge in [-0.3, -0.25) is 14.2 Å². The predicted molar refractivity (Wildman–Crippen MR) is 96.0 cm³/mol. The van der Waals surface area contributed by atoms with Crippen LogP contribution < -0.4 is 16.0 Å². The van der Waals surface area contributed by atoms with Gasteiger partial charge in [-0.25, -0.2) is 4.98 Å². The van der Waals surface area contributed by atoms with E-state index in [0.717, 1.165) is 0 Å². The minimum Gasteiger partial charge on any atom is -0.494 e. The Hall–Kier alpha value is -3.00. The third-order valence-electron chi connectivity index (χ3n) is 3.85. The lowest BCUT2D eigenvalue weighted by Gasteiger charge is -2.16. The molecule has 26 heavy (non-hydrogen) atoms. The normalized spacial score (nSPS) is 12.0. The molecule has 0 spiro atoms. The van der Waals surface area contributed by atoms with E-state index in [4.69, 9.17) is 22.1 Å². The van der Waals surface area contributed by atoms with Crippen LogP contribution in [-0.4, -0.2) is 32.3 Å². The van der Waals surface area contributed by atoms with E-state index in [0.29, 0.717) is 35.7 Å². The van der Waals surface area contributed by atoms with Crippen LogP contribution in [0.5, 0.6) is 5.75 Å². The highest BCUT2D eigenvalue weighted by Gasteiger charge is 2.20. The Balaban J connectivity index is 1.71. The van der Waals surface area contributed by atoms with Crippen LogP contribution in [0, 0.1) is 0 Å². The molecule has 0 saturated heterocycles. The number of amides is 1. The summed E-state index contributed by atoms with van der Waals surface area (Å²) in [6.07, 6.45) is 4.86. The van der Waals surface area contributed by atoms with Crippen molar-refractivity contribution in [2.45, 2.75) is 18.9 Å².